The molecule has 1 unspecified atom stereocenters. The van der Waals surface area contributed by atoms with Gasteiger partial charge in [0.15, 0.2) is 0 Å². The number of hydrogen-bond donors (Lipinski definition) is 1. The number of hydrogen-bond acceptors (Lipinski definition) is 2. The normalized spacial score (nSPS) is 12.6. The second-order valence-electron chi connectivity index (χ2n) is 5.27. The van der Waals surface area contributed by atoms with Crippen LogP contribution in [0.4, 0.5) is 0 Å². The minimum Gasteiger partial charge on any atom is -0.323 e. The Kier molecular flexibility index (Phi) is 9.10. The van der Waals surface area contributed by atoms with Crippen LogP contribution in [0.25, 0.3) is 0 Å². The third kappa shape index (κ3) is 7.68. The zero-order chi connectivity index (χ0) is 13.9. The summed E-state index contributed by atoms with van der Waals surface area (Å²) in [4.78, 5) is 4.36. The Bertz CT molecular complexity index is 324. The molecule has 108 valence electrons. The molecule has 2 N–H and O–H groups in total. The molecule has 3 heteroatoms. The Morgan fingerprint density at radius 3 is 2.26 bits per heavy atom. The van der Waals surface area contributed by atoms with E-state index in [1.807, 2.05) is 18.3 Å². The molecule has 1 aromatic heterocycles. The lowest BCUT2D eigenvalue weighted by molar-refractivity contribution is 0.531. The van der Waals surface area contributed by atoms with Crippen LogP contribution in [0, 0.1) is 0 Å². The molecule has 0 aromatic carbocycles. The van der Waals surface area contributed by atoms with E-state index in [1.165, 1.54) is 51.4 Å². The number of nitrogens with zero attached hydrogens (tertiary/aromatic N) is 1. The Hall–Kier alpha value is -0.410. The highest BCUT2D eigenvalue weighted by atomic mass is 79.9. The van der Waals surface area contributed by atoms with Crippen LogP contribution in [0.15, 0.2) is 22.8 Å². The molecule has 0 aliphatic carbocycles. The molecule has 0 saturated carbocycles. The minimum atomic E-state index is 0.0909. The predicted octanol–water partition coefficient (Wildman–Crippen LogP) is 5.37. The number of nitrogens with two attached hydrogens (primary N) is 1. The van der Waals surface area contributed by atoms with Gasteiger partial charge < -0.3 is 5.73 Å². The van der Waals surface area contributed by atoms with E-state index in [2.05, 4.69) is 27.8 Å². The highest BCUT2D eigenvalue weighted by molar-refractivity contribution is 9.10. The summed E-state index contributed by atoms with van der Waals surface area (Å²) in [7, 11) is 0. The molecule has 19 heavy (non-hydrogen) atoms. The summed E-state index contributed by atoms with van der Waals surface area (Å²) in [6.07, 6.45) is 13.6. The smallest absolute Gasteiger partial charge is 0.0571 e. The lowest BCUT2D eigenvalue weighted by Gasteiger charge is -2.10. The summed E-state index contributed by atoms with van der Waals surface area (Å²) < 4.78 is 1.01. The minimum absolute atomic E-state index is 0.0909. The van der Waals surface area contributed by atoms with Crippen LogP contribution >= 0.6 is 15.9 Å². The number of rotatable bonds is 10. The van der Waals surface area contributed by atoms with E-state index in [0.29, 0.717) is 0 Å². The van der Waals surface area contributed by atoms with E-state index in [1.54, 1.807) is 0 Å². The van der Waals surface area contributed by atoms with Crippen LogP contribution in [0.1, 0.15) is 76.4 Å². The van der Waals surface area contributed by atoms with Crippen molar-refractivity contribution in [3.8, 4) is 0 Å². The van der Waals surface area contributed by atoms with Crippen molar-refractivity contribution in [2.24, 2.45) is 5.73 Å². The van der Waals surface area contributed by atoms with Gasteiger partial charge in [-0.25, -0.2) is 0 Å². The van der Waals surface area contributed by atoms with Gasteiger partial charge in [0.1, 0.15) is 0 Å². The van der Waals surface area contributed by atoms with Gasteiger partial charge in [-0.1, -0.05) is 58.3 Å². The molecule has 0 aliphatic heterocycles. The maximum atomic E-state index is 6.15. The lowest BCUT2D eigenvalue weighted by atomic mass is 10.0. The first-order valence-corrected chi connectivity index (χ1v) is 8.40. The molecule has 1 rings (SSSR count). The number of unbranched alkanes of at least 4 members (excludes halogenated alkanes) is 7. The van der Waals surface area contributed by atoms with Crippen LogP contribution in [0.3, 0.4) is 0 Å². The topological polar surface area (TPSA) is 38.9 Å². The molecule has 0 bridgehead atoms. The summed E-state index contributed by atoms with van der Waals surface area (Å²) in [5, 5.41) is 0. The maximum absolute atomic E-state index is 6.15. The molecule has 1 atom stereocenters. The van der Waals surface area contributed by atoms with Crippen molar-refractivity contribution in [1.82, 2.24) is 4.98 Å². The Morgan fingerprint density at radius 1 is 1.05 bits per heavy atom. The average molecular weight is 327 g/mol. The summed E-state index contributed by atoms with van der Waals surface area (Å²) in [6, 6.07) is 4.11. The van der Waals surface area contributed by atoms with Gasteiger partial charge in [-0.2, -0.15) is 0 Å². The van der Waals surface area contributed by atoms with E-state index in [4.69, 9.17) is 5.73 Å². The van der Waals surface area contributed by atoms with Gasteiger partial charge in [-0.15, -0.1) is 0 Å². The SMILES string of the molecule is CCCCCCCCCCC(N)c1ccc(Br)cn1. The highest BCUT2D eigenvalue weighted by Gasteiger charge is 2.06. The molecule has 2 nitrogen and oxygen atoms in total. The fraction of sp³-hybridized carbons (Fsp3) is 0.688. The van der Waals surface area contributed by atoms with Gasteiger partial charge >= 0.3 is 0 Å². The monoisotopic (exact) mass is 326 g/mol. The van der Waals surface area contributed by atoms with Gasteiger partial charge in [0, 0.05) is 16.7 Å². The van der Waals surface area contributed by atoms with Crippen LogP contribution < -0.4 is 5.73 Å². The quantitative estimate of drug-likeness (QED) is 0.586. The summed E-state index contributed by atoms with van der Waals surface area (Å²) in [5.74, 6) is 0. The van der Waals surface area contributed by atoms with E-state index in [0.717, 1.165) is 16.6 Å². The second-order valence-corrected chi connectivity index (χ2v) is 6.19. The zero-order valence-corrected chi connectivity index (χ0v) is 13.7. The Labute approximate surface area is 126 Å². The molecule has 0 saturated heterocycles. The number of aromatic nitrogens is 1. The molecule has 1 heterocycles. The third-order valence-electron chi connectivity index (χ3n) is 3.50. The van der Waals surface area contributed by atoms with Crippen LogP contribution in [-0.2, 0) is 0 Å². The summed E-state index contributed by atoms with van der Waals surface area (Å²) >= 11 is 3.39. The van der Waals surface area contributed by atoms with E-state index in [-0.39, 0.29) is 6.04 Å². The third-order valence-corrected chi connectivity index (χ3v) is 3.97. The standard InChI is InChI=1S/C16H27BrN2/c1-2-3-4-5-6-7-8-9-10-15(18)16-12-11-14(17)13-19-16/h11-13,15H,2-10,18H2,1H3. The van der Waals surface area contributed by atoms with Gasteiger partial charge in [-0.05, 0) is 34.5 Å². The van der Waals surface area contributed by atoms with Crippen molar-refractivity contribution < 1.29 is 0 Å². The first kappa shape index (κ1) is 16.6. The van der Waals surface area contributed by atoms with Crippen molar-refractivity contribution in [1.29, 1.82) is 0 Å². The molecule has 0 spiro atoms. The fourth-order valence-electron chi connectivity index (χ4n) is 2.25. The molecule has 1 aromatic rings. The molecular formula is C16H27BrN2. The maximum Gasteiger partial charge on any atom is 0.0571 e. The van der Waals surface area contributed by atoms with Gasteiger partial charge in [0.2, 0.25) is 0 Å². The van der Waals surface area contributed by atoms with Crippen LogP contribution in [0.2, 0.25) is 0 Å². The highest BCUT2D eigenvalue weighted by Crippen LogP contribution is 2.18. The lowest BCUT2D eigenvalue weighted by Crippen LogP contribution is -2.11. The molecule has 0 aliphatic rings. The largest absolute Gasteiger partial charge is 0.323 e. The predicted molar refractivity (Wildman–Crippen MR) is 86.1 cm³/mol. The molecular weight excluding hydrogens is 300 g/mol. The van der Waals surface area contributed by atoms with Gasteiger partial charge in [0.25, 0.3) is 0 Å². The number of pyridine rings is 1. The molecule has 0 radical (unpaired) electrons. The first-order valence-electron chi connectivity index (χ1n) is 7.61. The molecule has 0 amide bonds. The van der Waals surface area contributed by atoms with Gasteiger partial charge in [-0.3, -0.25) is 4.98 Å². The van der Waals surface area contributed by atoms with Gasteiger partial charge in [0.05, 0.1) is 5.69 Å². The van der Waals surface area contributed by atoms with Crippen molar-refractivity contribution in [3.05, 3.63) is 28.5 Å². The van der Waals surface area contributed by atoms with E-state index < -0.39 is 0 Å². The zero-order valence-electron chi connectivity index (χ0n) is 12.1. The fourth-order valence-corrected chi connectivity index (χ4v) is 2.49. The summed E-state index contributed by atoms with van der Waals surface area (Å²) in [6.45, 7) is 2.26. The van der Waals surface area contributed by atoms with Crippen molar-refractivity contribution in [2.75, 3.05) is 0 Å². The first-order chi connectivity index (χ1) is 9.24. The number of halogens is 1. The van der Waals surface area contributed by atoms with Crippen molar-refractivity contribution in [3.63, 3.8) is 0 Å². The van der Waals surface area contributed by atoms with Crippen LogP contribution in [-0.4, -0.2) is 4.98 Å². The summed E-state index contributed by atoms with van der Waals surface area (Å²) in [5.41, 5.74) is 7.15. The second kappa shape index (κ2) is 10.4. The van der Waals surface area contributed by atoms with Crippen LogP contribution in [0.5, 0.6) is 0 Å². The van der Waals surface area contributed by atoms with Crippen molar-refractivity contribution in [2.45, 2.75) is 70.8 Å². The Morgan fingerprint density at radius 2 is 1.68 bits per heavy atom. The van der Waals surface area contributed by atoms with E-state index in [9.17, 15) is 0 Å². The van der Waals surface area contributed by atoms with Crippen molar-refractivity contribution >= 4 is 15.9 Å². The van der Waals surface area contributed by atoms with E-state index >= 15 is 0 Å². The Balaban J connectivity index is 2.04. The average Bonchev–Trinajstić information content (AvgIpc) is 2.42. The molecule has 0 fully saturated rings.